The quantitative estimate of drug-likeness (QED) is 0.399. The number of fused-ring (bicyclic) bond motifs is 1. The van der Waals surface area contributed by atoms with Crippen LogP contribution in [0.1, 0.15) is 31.7 Å². The van der Waals surface area contributed by atoms with Gasteiger partial charge in [0.1, 0.15) is 0 Å². The molecule has 0 spiro atoms. The van der Waals surface area contributed by atoms with Crippen molar-refractivity contribution in [2.45, 2.75) is 36.9 Å². The number of nitrogens with one attached hydrogen (secondary N) is 1. The Balaban J connectivity index is 0.00000196. The van der Waals surface area contributed by atoms with Crippen LogP contribution in [0.4, 0.5) is 0 Å². The van der Waals surface area contributed by atoms with Gasteiger partial charge in [-0.15, -0.1) is 24.0 Å². The summed E-state index contributed by atoms with van der Waals surface area (Å²) in [5.74, 6) is 3.98. The molecule has 1 saturated carbocycles. The number of halogens is 1. The second kappa shape index (κ2) is 8.46. The third-order valence-electron chi connectivity index (χ3n) is 5.53. The maximum Gasteiger partial charge on any atom is 0.231 e. The van der Waals surface area contributed by atoms with E-state index in [1.54, 1.807) is 0 Å². The molecule has 1 N–H and O–H groups in total. The molecule has 144 valence electrons. The molecule has 1 aromatic rings. The van der Waals surface area contributed by atoms with Crippen LogP contribution >= 0.6 is 35.7 Å². The van der Waals surface area contributed by atoms with Crippen molar-refractivity contribution in [3.05, 3.63) is 23.8 Å². The van der Waals surface area contributed by atoms with E-state index in [1.165, 1.54) is 30.6 Å². The van der Waals surface area contributed by atoms with Gasteiger partial charge in [0, 0.05) is 43.1 Å². The summed E-state index contributed by atoms with van der Waals surface area (Å²) in [5.41, 5.74) is 1.56. The fourth-order valence-electron chi connectivity index (χ4n) is 3.68. The fraction of sp³-hybridized carbons (Fsp3) is 0.632. The molecule has 7 heteroatoms. The molecule has 5 nitrogen and oxygen atoms in total. The molecular weight excluding hydrogens is 461 g/mol. The Hall–Kier alpha value is -0.830. The van der Waals surface area contributed by atoms with Crippen molar-refractivity contribution in [2.75, 3.05) is 39.2 Å². The van der Waals surface area contributed by atoms with E-state index >= 15 is 0 Å². The lowest BCUT2D eigenvalue weighted by atomic mass is 9.95. The van der Waals surface area contributed by atoms with Crippen molar-refractivity contribution in [3.8, 4) is 11.5 Å². The maximum absolute atomic E-state index is 5.55. The van der Waals surface area contributed by atoms with Gasteiger partial charge >= 0.3 is 0 Å². The molecule has 1 unspecified atom stereocenters. The zero-order valence-electron chi connectivity index (χ0n) is 15.5. The van der Waals surface area contributed by atoms with Gasteiger partial charge in [0.2, 0.25) is 6.79 Å². The summed E-state index contributed by atoms with van der Waals surface area (Å²) in [6, 6.07) is 6.39. The minimum Gasteiger partial charge on any atom is -0.454 e. The lowest BCUT2D eigenvalue weighted by Crippen LogP contribution is -2.49. The van der Waals surface area contributed by atoms with Crippen molar-refractivity contribution in [1.29, 1.82) is 0 Å². The Morgan fingerprint density at radius 2 is 2.15 bits per heavy atom. The second-order valence-corrected chi connectivity index (χ2v) is 8.50. The van der Waals surface area contributed by atoms with Crippen molar-refractivity contribution < 1.29 is 9.47 Å². The summed E-state index contributed by atoms with van der Waals surface area (Å²) >= 11 is 2.09. The maximum atomic E-state index is 5.55. The molecule has 0 aromatic heterocycles. The highest BCUT2D eigenvalue weighted by molar-refractivity contribution is 14.0. The second-order valence-electron chi connectivity index (χ2n) is 7.10. The first-order valence-corrected chi connectivity index (χ1v) is 10.3. The number of benzene rings is 1. The first-order valence-electron chi connectivity index (χ1n) is 9.21. The van der Waals surface area contributed by atoms with E-state index in [-0.39, 0.29) is 29.4 Å². The number of hydrogen-bond donors (Lipinski definition) is 1. The summed E-state index contributed by atoms with van der Waals surface area (Å²) in [4.78, 5) is 6.96. The van der Waals surface area contributed by atoms with Crippen molar-refractivity contribution in [2.24, 2.45) is 4.99 Å². The molecule has 2 aliphatic heterocycles. The van der Waals surface area contributed by atoms with Gasteiger partial charge in [0.25, 0.3) is 0 Å². The van der Waals surface area contributed by atoms with Crippen molar-refractivity contribution in [3.63, 3.8) is 0 Å². The largest absolute Gasteiger partial charge is 0.454 e. The molecule has 26 heavy (non-hydrogen) atoms. The number of ether oxygens (including phenoxy) is 2. The lowest BCUT2D eigenvalue weighted by molar-refractivity contribution is 0.174. The molecule has 2 heterocycles. The number of aliphatic imine (C=N–C) groups is 1. The Bertz CT molecular complexity index is 666. The first-order chi connectivity index (χ1) is 12.2. The number of hydrogen-bond acceptors (Lipinski definition) is 4. The first kappa shape index (κ1) is 19.9. The zero-order chi connectivity index (χ0) is 17.3. The molecule has 1 aromatic carbocycles. The topological polar surface area (TPSA) is 46.1 Å². The number of guanidine groups is 1. The smallest absolute Gasteiger partial charge is 0.231 e. The Morgan fingerprint density at radius 3 is 2.88 bits per heavy atom. The number of thioether (sulfide) groups is 1. The molecule has 0 amide bonds. The van der Waals surface area contributed by atoms with E-state index in [4.69, 9.17) is 9.47 Å². The summed E-state index contributed by atoms with van der Waals surface area (Å²) in [6.07, 6.45) is 3.65. The average Bonchev–Trinajstić information content (AvgIpc) is 3.30. The molecule has 2 fully saturated rings. The van der Waals surface area contributed by atoms with Gasteiger partial charge in [0.05, 0.1) is 0 Å². The normalized spacial score (nSPS) is 23.4. The minimum atomic E-state index is 0. The van der Waals surface area contributed by atoms with Gasteiger partial charge in [-0.2, -0.15) is 11.8 Å². The van der Waals surface area contributed by atoms with Crippen LogP contribution in [-0.4, -0.2) is 55.3 Å². The van der Waals surface area contributed by atoms with Gasteiger partial charge in [-0.25, -0.2) is 0 Å². The molecule has 4 rings (SSSR count). The Morgan fingerprint density at radius 1 is 1.35 bits per heavy atom. The van der Waals surface area contributed by atoms with Crippen LogP contribution in [0.25, 0.3) is 0 Å². The van der Waals surface area contributed by atoms with Crippen LogP contribution in [0.3, 0.4) is 0 Å². The minimum absolute atomic E-state index is 0. The van der Waals surface area contributed by atoms with E-state index in [1.807, 2.05) is 13.1 Å². The standard InChI is InChI=1S/C19H27N3O2S.HI/c1-3-15-11-22(8-9-25-15)18(20-2)21-12-19(6-7-19)14-4-5-16-17(10-14)24-13-23-16;/h4-5,10,15H,3,6-9,11-13H2,1-2H3,(H,20,21);1H. The van der Waals surface area contributed by atoms with Gasteiger partial charge in [-0.1, -0.05) is 13.0 Å². The summed E-state index contributed by atoms with van der Waals surface area (Å²) in [7, 11) is 1.89. The molecular formula is C19H28IN3O2S. The van der Waals surface area contributed by atoms with E-state index in [0.29, 0.717) is 6.79 Å². The summed E-state index contributed by atoms with van der Waals surface area (Å²) in [5, 5.41) is 4.37. The van der Waals surface area contributed by atoms with E-state index in [9.17, 15) is 0 Å². The van der Waals surface area contributed by atoms with Crippen LogP contribution in [0.15, 0.2) is 23.2 Å². The van der Waals surface area contributed by atoms with Crippen LogP contribution < -0.4 is 14.8 Å². The molecule has 3 aliphatic rings. The Kier molecular flexibility index (Phi) is 6.48. The third kappa shape index (κ3) is 4.03. The number of rotatable bonds is 4. The fourth-order valence-corrected chi connectivity index (χ4v) is 4.86. The van der Waals surface area contributed by atoms with Gasteiger partial charge in [-0.3, -0.25) is 4.99 Å². The molecule has 0 radical (unpaired) electrons. The predicted molar refractivity (Wildman–Crippen MR) is 118 cm³/mol. The Labute approximate surface area is 177 Å². The van der Waals surface area contributed by atoms with E-state index in [2.05, 4.69) is 46.0 Å². The van der Waals surface area contributed by atoms with Crippen LogP contribution in [-0.2, 0) is 5.41 Å². The van der Waals surface area contributed by atoms with E-state index in [0.717, 1.165) is 42.3 Å². The van der Waals surface area contributed by atoms with Crippen LogP contribution in [0, 0.1) is 0 Å². The average molecular weight is 489 g/mol. The van der Waals surface area contributed by atoms with Gasteiger partial charge in [-0.05, 0) is 37.0 Å². The van der Waals surface area contributed by atoms with Crippen LogP contribution in [0.2, 0.25) is 0 Å². The number of nitrogens with zero attached hydrogens (tertiary/aromatic N) is 2. The zero-order valence-corrected chi connectivity index (χ0v) is 18.6. The molecule has 1 atom stereocenters. The van der Waals surface area contributed by atoms with Crippen LogP contribution in [0.5, 0.6) is 11.5 Å². The molecule has 1 aliphatic carbocycles. The SMILES string of the molecule is CCC1CN(C(=NC)NCC2(c3ccc4c(c3)OCO4)CC2)CCS1.I. The lowest BCUT2D eigenvalue weighted by Gasteiger charge is -2.35. The van der Waals surface area contributed by atoms with E-state index < -0.39 is 0 Å². The predicted octanol–water partition coefficient (Wildman–Crippen LogP) is 3.47. The highest BCUT2D eigenvalue weighted by Crippen LogP contribution is 2.49. The monoisotopic (exact) mass is 489 g/mol. The third-order valence-corrected chi connectivity index (χ3v) is 6.90. The van der Waals surface area contributed by atoms with Gasteiger partial charge < -0.3 is 19.7 Å². The summed E-state index contributed by atoms with van der Waals surface area (Å²) in [6.45, 7) is 5.72. The highest BCUT2D eigenvalue weighted by Gasteiger charge is 2.45. The van der Waals surface area contributed by atoms with Crippen molar-refractivity contribution in [1.82, 2.24) is 10.2 Å². The summed E-state index contributed by atoms with van der Waals surface area (Å²) < 4.78 is 11.0. The molecule has 1 saturated heterocycles. The molecule has 0 bridgehead atoms. The van der Waals surface area contributed by atoms with Gasteiger partial charge in [0.15, 0.2) is 17.5 Å². The highest BCUT2D eigenvalue weighted by atomic mass is 127. The van der Waals surface area contributed by atoms with Crippen molar-refractivity contribution >= 4 is 41.7 Å².